The van der Waals surface area contributed by atoms with Crippen LogP contribution in [0.25, 0.3) is 11.5 Å². The van der Waals surface area contributed by atoms with Crippen molar-refractivity contribution in [2.45, 2.75) is 13.0 Å². The quantitative estimate of drug-likeness (QED) is 0.777. The zero-order chi connectivity index (χ0) is 13.8. The number of benzene rings is 2. The summed E-state index contributed by atoms with van der Waals surface area (Å²) in [7, 11) is 0. The van der Waals surface area contributed by atoms with Crippen molar-refractivity contribution in [2.24, 2.45) is 0 Å². The summed E-state index contributed by atoms with van der Waals surface area (Å²) in [6.07, 6.45) is 0. The van der Waals surface area contributed by atoms with Gasteiger partial charge in [-0.15, -0.1) is 5.10 Å². The number of aromatic nitrogens is 2. The first-order valence-electron chi connectivity index (χ1n) is 6.53. The average Bonchev–Trinajstić information content (AvgIpc) is 2.97. The lowest BCUT2D eigenvalue weighted by Gasteiger charge is -2.11. The molecule has 4 heteroatoms. The van der Waals surface area contributed by atoms with Crippen LogP contribution in [0.15, 0.2) is 65.1 Å². The summed E-state index contributed by atoms with van der Waals surface area (Å²) >= 11 is 0. The van der Waals surface area contributed by atoms with Crippen LogP contribution < -0.4 is 5.32 Å². The maximum absolute atomic E-state index is 5.63. The Morgan fingerprint density at radius 2 is 1.55 bits per heavy atom. The molecule has 1 heterocycles. The molecule has 4 nitrogen and oxygen atoms in total. The van der Waals surface area contributed by atoms with E-state index in [1.165, 1.54) is 5.56 Å². The Bertz CT molecular complexity index is 664. The second-order valence-electron chi connectivity index (χ2n) is 4.56. The molecule has 0 radical (unpaired) electrons. The molecule has 3 aromatic rings. The van der Waals surface area contributed by atoms with Gasteiger partial charge in [0.2, 0.25) is 5.89 Å². The van der Waals surface area contributed by atoms with Crippen molar-refractivity contribution in [3.63, 3.8) is 0 Å². The van der Waals surface area contributed by atoms with Crippen LogP contribution in [0.4, 0.5) is 6.01 Å². The summed E-state index contributed by atoms with van der Waals surface area (Å²) in [4.78, 5) is 0. The van der Waals surface area contributed by atoms with Crippen LogP contribution in [-0.4, -0.2) is 10.2 Å². The Morgan fingerprint density at radius 3 is 2.25 bits per heavy atom. The maximum atomic E-state index is 5.63. The topological polar surface area (TPSA) is 51.0 Å². The van der Waals surface area contributed by atoms with Crippen LogP contribution in [0.2, 0.25) is 0 Å². The van der Waals surface area contributed by atoms with Crippen molar-refractivity contribution < 1.29 is 4.42 Å². The summed E-state index contributed by atoms with van der Waals surface area (Å²) in [5.41, 5.74) is 2.09. The molecule has 0 bridgehead atoms. The van der Waals surface area contributed by atoms with E-state index in [-0.39, 0.29) is 6.04 Å². The molecule has 2 aromatic carbocycles. The zero-order valence-corrected chi connectivity index (χ0v) is 11.2. The molecule has 0 fully saturated rings. The van der Waals surface area contributed by atoms with E-state index in [0.29, 0.717) is 11.9 Å². The largest absolute Gasteiger partial charge is 0.403 e. The van der Waals surface area contributed by atoms with Gasteiger partial charge in [0.05, 0.1) is 6.04 Å². The number of hydrogen-bond acceptors (Lipinski definition) is 4. The molecule has 1 aromatic heterocycles. The van der Waals surface area contributed by atoms with Gasteiger partial charge < -0.3 is 9.73 Å². The standard InChI is InChI=1S/C16H15N3O/c1-12(13-8-4-2-5-9-13)17-16-19-18-15(20-16)14-10-6-3-7-11-14/h2-12H,1H3,(H,17,19)/t12-/m0/s1. The molecule has 0 aliphatic carbocycles. The zero-order valence-electron chi connectivity index (χ0n) is 11.2. The third kappa shape index (κ3) is 2.69. The molecule has 0 aliphatic heterocycles. The lowest BCUT2D eigenvalue weighted by molar-refractivity contribution is 0.573. The summed E-state index contributed by atoms with van der Waals surface area (Å²) in [5, 5.41) is 11.3. The summed E-state index contributed by atoms with van der Waals surface area (Å²) in [6, 6.07) is 20.4. The Labute approximate surface area is 117 Å². The van der Waals surface area contributed by atoms with Gasteiger partial charge in [0.15, 0.2) is 0 Å². The number of hydrogen-bond donors (Lipinski definition) is 1. The summed E-state index contributed by atoms with van der Waals surface area (Å²) in [5.74, 6) is 0.522. The van der Waals surface area contributed by atoms with E-state index in [0.717, 1.165) is 5.56 Å². The van der Waals surface area contributed by atoms with Gasteiger partial charge in [0, 0.05) is 5.56 Å². The molecule has 0 spiro atoms. The Kier molecular flexibility index (Phi) is 3.46. The van der Waals surface area contributed by atoms with Crippen molar-refractivity contribution in [3.8, 4) is 11.5 Å². The van der Waals surface area contributed by atoms with Gasteiger partial charge in [0.25, 0.3) is 0 Å². The second-order valence-corrected chi connectivity index (χ2v) is 4.56. The minimum Gasteiger partial charge on any atom is -0.403 e. The van der Waals surface area contributed by atoms with Crippen molar-refractivity contribution in [1.82, 2.24) is 10.2 Å². The molecule has 1 atom stereocenters. The first kappa shape index (κ1) is 12.4. The second kappa shape index (κ2) is 5.57. The van der Waals surface area contributed by atoms with Crippen molar-refractivity contribution in [3.05, 3.63) is 66.2 Å². The molecule has 0 amide bonds. The maximum Gasteiger partial charge on any atom is 0.316 e. The average molecular weight is 265 g/mol. The normalized spacial score (nSPS) is 12.1. The van der Waals surface area contributed by atoms with Gasteiger partial charge in [-0.2, -0.15) is 0 Å². The fraction of sp³-hybridized carbons (Fsp3) is 0.125. The fourth-order valence-electron chi connectivity index (χ4n) is 1.99. The lowest BCUT2D eigenvalue weighted by Crippen LogP contribution is -2.06. The highest BCUT2D eigenvalue weighted by atomic mass is 16.4. The lowest BCUT2D eigenvalue weighted by atomic mass is 10.1. The molecule has 0 unspecified atom stereocenters. The van der Waals surface area contributed by atoms with E-state index in [2.05, 4.69) is 34.6 Å². The summed E-state index contributed by atoms with van der Waals surface area (Å²) in [6.45, 7) is 2.06. The van der Waals surface area contributed by atoms with E-state index in [4.69, 9.17) is 4.42 Å². The van der Waals surface area contributed by atoms with Crippen LogP contribution >= 0.6 is 0 Å². The third-order valence-corrected chi connectivity index (χ3v) is 3.09. The van der Waals surface area contributed by atoms with E-state index in [1.807, 2.05) is 48.5 Å². The first-order valence-corrected chi connectivity index (χ1v) is 6.53. The van der Waals surface area contributed by atoms with Gasteiger partial charge in [-0.1, -0.05) is 53.6 Å². The predicted octanol–water partition coefficient (Wildman–Crippen LogP) is 3.91. The van der Waals surface area contributed by atoms with Crippen LogP contribution in [-0.2, 0) is 0 Å². The van der Waals surface area contributed by atoms with Gasteiger partial charge >= 0.3 is 6.01 Å². The Balaban J connectivity index is 1.75. The first-order chi connectivity index (χ1) is 9.83. The van der Waals surface area contributed by atoms with Gasteiger partial charge in [-0.3, -0.25) is 0 Å². The van der Waals surface area contributed by atoms with E-state index < -0.39 is 0 Å². The molecule has 20 heavy (non-hydrogen) atoms. The molecule has 0 aliphatic rings. The predicted molar refractivity (Wildman–Crippen MR) is 78.2 cm³/mol. The molecule has 100 valence electrons. The SMILES string of the molecule is C[C@H](Nc1nnc(-c2ccccc2)o1)c1ccccc1. The fourth-order valence-corrected chi connectivity index (χ4v) is 1.99. The molecule has 3 rings (SSSR count). The number of nitrogens with zero attached hydrogens (tertiary/aromatic N) is 2. The molecular weight excluding hydrogens is 250 g/mol. The van der Waals surface area contributed by atoms with E-state index in [1.54, 1.807) is 0 Å². The highest BCUT2D eigenvalue weighted by Gasteiger charge is 2.11. The molecular formula is C16H15N3O. The summed E-state index contributed by atoms with van der Waals surface area (Å²) < 4.78 is 5.63. The Morgan fingerprint density at radius 1 is 0.900 bits per heavy atom. The monoisotopic (exact) mass is 265 g/mol. The van der Waals surface area contributed by atoms with Gasteiger partial charge in [-0.05, 0) is 24.6 Å². The minimum absolute atomic E-state index is 0.111. The van der Waals surface area contributed by atoms with Crippen molar-refractivity contribution in [2.75, 3.05) is 5.32 Å². The van der Waals surface area contributed by atoms with Crippen LogP contribution in [0.1, 0.15) is 18.5 Å². The molecule has 1 N–H and O–H groups in total. The van der Waals surface area contributed by atoms with Gasteiger partial charge in [-0.25, -0.2) is 0 Å². The number of rotatable bonds is 4. The number of anilines is 1. The van der Waals surface area contributed by atoms with E-state index >= 15 is 0 Å². The third-order valence-electron chi connectivity index (χ3n) is 3.09. The highest BCUT2D eigenvalue weighted by molar-refractivity contribution is 5.52. The number of nitrogens with one attached hydrogen (secondary N) is 1. The highest BCUT2D eigenvalue weighted by Crippen LogP contribution is 2.22. The van der Waals surface area contributed by atoms with Crippen molar-refractivity contribution in [1.29, 1.82) is 0 Å². The Hall–Kier alpha value is -2.62. The van der Waals surface area contributed by atoms with Crippen LogP contribution in [0.3, 0.4) is 0 Å². The van der Waals surface area contributed by atoms with Crippen LogP contribution in [0, 0.1) is 0 Å². The van der Waals surface area contributed by atoms with Crippen LogP contribution in [0.5, 0.6) is 0 Å². The smallest absolute Gasteiger partial charge is 0.316 e. The van der Waals surface area contributed by atoms with Crippen molar-refractivity contribution >= 4 is 6.01 Å². The molecule has 0 saturated carbocycles. The minimum atomic E-state index is 0.111. The molecule has 0 saturated heterocycles. The van der Waals surface area contributed by atoms with E-state index in [9.17, 15) is 0 Å². The van der Waals surface area contributed by atoms with Gasteiger partial charge in [0.1, 0.15) is 0 Å².